The van der Waals surface area contributed by atoms with Gasteiger partial charge in [0, 0.05) is 18.1 Å². The molecule has 0 heterocycles. The summed E-state index contributed by atoms with van der Waals surface area (Å²) in [6.45, 7) is 0. The molecular formula is C18H19NO6. The van der Waals surface area contributed by atoms with Crippen molar-refractivity contribution in [1.82, 2.24) is 5.32 Å². The second-order valence-electron chi connectivity index (χ2n) is 5.34. The van der Waals surface area contributed by atoms with Gasteiger partial charge in [0.1, 0.15) is 23.3 Å². The monoisotopic (exact) mass is 345 g/mol. The number of benzene rings is 2. The summed E-state index contributed by atoms with van der Waals surface area (Å²) in [4.78, 5) is 23.9. The van der Waals surface area contributed by atoms with Crippen LogP contribution in [0.5, 0.6) is 17.2 Å². The number of phenols is 1. The molecule has 7 heteroatoms. The molecule has 1 atom stereocenters. The van der Waals surface area contributed by atoms with Crippen LogP contribution < -0.4 is 14.8 Å². The lowest BCUT2D eigenvalue weighted by atomic mass is 10.1. The molecule has 132 valence electrons. The topological polar surface area (TPSA) is 105 Å². The molecule has 25 heavy (non-hydrogen) atoms. The molecule has 2 rings (SSSR count). The summed E-state index contributed by atoms with van der Waals surface area (Å²) < 4.78 is 10.2. The fourth-order valence-corrected chi connectivity index (χ4v) is 2.25. The Morgan fingerprint density at radius 1 is 1.04 bits per heavy atom. The smallest absolute Gasteiger partial charge is 0.326 e. The first kappa shape index (κ1) is 18.1. The predicted molar refractivity (Wildman–Crippen MR) is 90.2 cm³/mol. The van der Waals surface area contributed by atoms with E-state index >= 15 is 0 Å². The average molecular weight is 345 g/mol. The van der Waals surface area contributed by atoms with Crippen LogP contribution in [0.15, 0.2) is 42.5 Å². The van der Waals surface area contributed by atoms with Crippen LogP contribution in [0.3, 0.4) is 0 Å². The van der Waals surface area contributed by atoms with Crippen LogP contribution >= 0.6 is 0 Å². The Hall–Kier alpha value is -3.22. The van der Waals surface area contributed by atoms with Crippen LogP contribution in [-0.2, 0) is 11.2 Å². The lowest BCUT2D eigenvalue weighted by molar-refractivity contribution is -0.139. The van der Waals surface area contributed by atoms with E-state index in [2.05, 4.69) is 5.32 Å². The van der Waals surface area contributed by atoms with Crippen LogP contribution in [0.1, 0.15) is 15.9 Å². The molecule has 0 radical (unpaired) electrons. The fraction of sp³-hybridized carbons (Fsp3) is 0.222. The number of nitrogens with one attached hydrogen (secondary N) is 1. The number of amides is 1. The van der Waals surface area contributed by atoms with Crippen LogP contribution in [0.2, 0.25) is 0 Å². The highest BCUT2D eigenvalue weighted by molar-refractivity contribution is 5.97. The molecular weight excluding hydrogens is 326 g/mol. The maximum Gasteiger partial charge on any atom is 0.326 e. The molecule has 0 aliphatic heterocycles. The van der Waals surface area contributed by atoms with Crippen molar-refractivity contribution >= 4 is 11.9 Å². The molecule has 0 aliphatic rings. The average Bonchev–Trinajstić information content (AvgIpc) is 2.62. The first-order valence-corrected chi connectivity index (χ1v) is 7.47. The summed E-state index contributed by atoms with van der Waals surface area (Å²) in [7, 11) is 2.92. The highest BCUT2D eigenvalue weighted by Crippen LogP contribution is 2.22. The summed E-state index contributed by atoms with van der Waals surface area (Å²) in [6.07, 6.45) is 0.0858. The van der Waals surface area contributed by atoms with Crippen LogP contribution in [0.25, 0.3) is 0 Å². The van der Waals surface area contributed by atoms with Crippen molar-refractivity contribution in [2.24, 2.45) is 0 Å². The van der Waals surface area contributed by atoms with E-state index in [9.17, 15) is 19.8 Å². The van der Waals surface area contributed by atoms with Crippen LogP contribution in [0.4, 0.5) is 0 Å². The Morgan fingerprint density at radius 2 is 1.60 bits per heavy atom. The Kier molecular flexibility index (Phi) is 5.84. The van der Waals surface area contributed by atoms with E-state index in [4.69, 9.17) is 9.47 Å². The lowest BCUT2D eigenvalue weighted by Crippen LogP contribution is -2.42. The second-order valence-corrected chi connectivity index (χ2v) is 5.34. The number of carboxylic acids is 1. The van der Waals surface area contributed by atoms with Crippen molar-refractivity contribution in [2.75, 3.05) is 14.2 Å². The van der Waals surface area contributed by atoms with Crippen molar-refractivity contribution in [1.29, 1.82) is 0 Å². The fourth-order valence-electron chi connectivity index (χ4n) is 2.25. The largest absolute Gasteiger partial charge is 0.508 e. The minimum absolute atomic E-state index is 0.0858. The van der Waals surface area contributed by atoms with Crippen molar-refractivity contribution in [2.45, 2.75) is 12.5 Å². The highest BCUT2D eigenvalue weighted by Gasteiger charge is 2.22. The van der Waals surface area contributed by atoms with Gasteiger partial charge in [-0.1, -0.05) is 12.1 Å². The maximum absolute atomic E-state index is 12.4. The number of hydrogen-bond acceptors (Lipinski definition) is 5. The summed E-state index contributed by atoms with van der Waals surface area (Å²) in [6, 6.07) is 9.62. The number of hydrogen-bond donors (Lipinski definition) is 3. The van der Waals surface area contributed by atoms with E-state index < -0.39 is 17.9 Å². The lowest BCUT2D eigenvalue weighted by Gasteiger charge is -2.15. The number of methoxy groups -OCH3 is 2. The number of carboxylic acid groups (broad SMARTS) is 1. The molecule has 0 fully saturated rings. The van der Waals surface area contributed by atoms with Gasteiger partial charge in [-0.15, -0.1) is 0 Å². The second kappa shape index (κ2) is 8.05. The van der Waals surface area contributed by atoms with E-state index in [1.165, 1.54) is 38.5 Å². The molecule has 0 saturated heterocycles. The number of carbonyl (C=O) groups excluding carboxylic acids is 1. The minimum Gasteiger partial charge on any atom is -0.508 e. The zero-order chi connectivity index (χ0) is 18.4. The molecule has 0 saturated carbocycles. The summed E-state index contributed by atoms with van der Waals surface area (Å²) in [5.41, 5.74) is 0.905. The minimum atomic E-state index is -1.16. The molecule has 0 aliphatic carbocycles. The van der Waals surface area contributed by atoms with Gasteiger partial charge >= 0.3 is 5.97 Å². The third kappa shape index (κ3) is 4.87. The third-order valence-electron chi connectivity index (χ3n) is 3.59. The molecule has 2 aromatic rings. The number of aromatic hydroxyl groups is 1. The molecule has 2 aromatic carbocycles. The SMILES string of the molecule is COc1cc(OC)cc(C(=O)NC(Cc2ccc(O)cc2)C(=O)O)c1. The van der Waals surface area contributed by atoms with Gasteiger partial charge in [0.2, 0.25) is 0 Å². The molecule has 0 spiro atoms. The summed E-state index contributed by atoms with van der Waals surface area (Å²) in [5, 5.41) is 21.1. The first-order valence-electron chi connectivity index (χ1n) is 7.47. The molecule has 0 bridgehead atoms. The number of rotatable bonds is 7. The van der Waals surface area contributed by atoms with E-state index in [0.717, 1.165) is 0 Å². The third-order valence-corrected chi connectivity index (χ3v) is 3.59. The van der Waals surface area contributed by atoms with Gasteiger partial charge < -0.3 is 25.0 Å². The van der Waals surface area contributed by atoms with Crippen LogP contribution in [-0.4, -0.2) is 42.4 Å². The maximum atomic E-state index is 12.4. The van der Waals surface area contributed by atoms with Gasteiger partial charge in [0.25, 0.3) is 5.91 Å². The van der Waals surface area contributed by atoms with E-state index in [1.54, 1.807) is 18.2 Å². The summed E-state index contributed by atoms with van der Waals surface area (Å²) >= 11 is 0. The van der Waals surface area contributed by atoms with Gasteiger partial charge in [-0.3, -0.25) is 4.79 Å². The molecule has 0 aromatic heterocycles. The number of aliphatic carboxylic acids is 1. The number of ether oxygens (including phenoxy) is 2. The molecule has 1 unspecified atom stereocenters. The van der Waals surface area contributed by atoms with Crippen molar-refractivity contribution < 1.29 is 29.3 Å². The zero-order valence-electron chi connectivity index (χ0n) is 13.9. The van der Waals surface area contributed by atoms with Crippen molar-refractivity contribution in [3.05, 3.63) is 53.6 Å². The van der Waals surface area contributed by atoms with Gasteiger partial charge in [0.15, 0.2) is 0 Å². The molecule has 3 N–H and O–H groups in total. The Balaban J connectivity index is 2.17. The summed E-state index contributed by atoms with van der Waals surface area (Å²) in [5.74, 6) is -0.771. The molecule has 7 nitrogen and oxygen atoms in total. The number of phenolic OH excluding ortho intramolecular Hbond substituents is 1. The normalized spacial score (nSPS) is 11.4. The Bertz CT molecular complexity index is 734. The zero-order valence-corrected chi connectivity index (χ0v) is 13.9. The van der Waals surface area contributed by atoms with Crippen molar-refractivity contribution in [3.63, 3.8) is 0 Å². The van der Waals surface area contributed by atoms with Gasteiger partial charge in [-0.25, -0.2) is 4.79 Å². The first-order chi connectivity index (χ1) is 11.9. The van der Waals surface area contributed by atoms with Gasteiger partial charge in [-0.05, 0) is 29.8 Å². The van der Waals surface area contributed by atoms with Gasteiger partial charge in [0.05, 0.1) is 14.2 Å². The molecule has 1 amide bonds. The Morgan fingerprint density at radius 3 is 2.08 bits per heavy atom. The van der Waals surface area contributed by atoms with Crippen molar-refractivity contribution in [3.8, 4) is 17.2 Å². The van der Waals surface area contributed by atoms with E-state index in [-0.39, 0.29) is 17.7 Å². The van der Waals surface area contributed by atoms with Gasteiger partial charge in [-0.2, -0.15) is 0 Å². The van der Waals surface area contributed by atoms with E-state index in [1.807, 2.05) is 0 Å². The van der Waals surface area contributed by atoms with E-state index in [0.29, 0.717) is 17.1 Å². The highest BCUT2D eigenvalue weighted by atomic mass is 16.5. The predicted octanol–water partition coefficient (Wildman–Crippen LogP) is 1.84. The Labute approximate surface area is 144 Å². The quantitative estimate of drug-likeness (QED) is 0.707. The standard InChI is InChI=1S/C18H19NO6/c1-24-14-8-12(9-15(10-14)25-2)17(21)19-16(18(22)23)7-11-3-5-13(20)6-4-11/h3-6,8-10,16,20H,7H2,1-2H3,(H,19,21)(H,22,23). The van der Waals surface area contributed by atoms with Crippen LogP contribution in [0, 0.1) is 0 Å². The number of carbonyl (C=O) groups is 2.